The monoisotopic (exact) mass is 469 g/mol. The maximum absolute atomic E-state index is 14.2. The van der Waals surface area contributed by atoms with Crippen molar-refractivity contribution in [3.8, 4) is 17.5 Å². The van der Waals surface area contributed by atoms with Gasteiger partial charge in [-0.05, 0) is 49.4 Å². The SMILES string of the molecule is Cc1c(C(=O)NS(=O)(=O)c2ccc(OC(F)(F)F)cc2)nnn1-c1ccc(C#N)cc1F. The second-order valence-electron chi connectivity index (χ2n) is 6.17. The first-order valence-corrected chi connectivity index (χ1v) is 9.95. The molecule has 3 rings (SSSR count). The van der Waals surface area contributed by atoms with E-state index in [0.717, 1.165) is 35.0 Å². The van der Waals surface area contributed by atoms with Gasteiger partial charge < -0.3 is 4.74 Å². The standard InChI is InChI=1S/C18H11F4N5O4S/c1-10-16(24-26-27(10)15-7-2-11(9-23)8-14(15)19)17(28)25-32(29,30)13-5-3-12(4-6-13)31-18(20,21)22/h2-8H,1H3,(H,25,28). The minimum absolute atomic E-state index is 0.00441. The maximum Gasteiger partial charge on any atom is 0.573 e. The third kappa shape index (κ3) is 4.83. The molecule has 0 radical (unpaired) electrons. The van der Waals surface area contributed by atoms with Crippen LogP contribution in [-0.4, -0.2) is 35.7 Å². The van der Waals surface area contributed by atoms with Crippen LogP contribution in [0.3, 0.4) is 0 Å². The number of sulfonamides is 1. The molecule has 0 aliphatic carbocycles. The van der Waals surface area contributed by atoms with Crippen LogP contribution in [0.15, 0.2) is 47.4 Å². The molecule has 9 nitrogen and oxygen atoms in total. The largest absolute Gasteiger partial charge is 0.573 e. The lowest BCUT2D eigenvalue weighted by molar-refractivity contribution is -0.274. The highest BCUT2D eigenvalue weighted by molar-refractivity contribution is 7.90. The van der Waals surface area contributed by atoms with E-state index in [4.69, 9.17) is 5.26 Å². The second-order valence-corrected chi connectivity index (χ2v) is 7.85. The van der Waals surface area contributed by atoms with Gasteiger partial charge in [-0.2, -0.15) is 5.26 Å². The number of alkyl halides is 3. The molecule has 0 atom stereocenters. The van der Waals surface area contributed by atoms with Crippen molar-refractivity contribution >= 4 is 15.9 Å². The van der Waals surface area contributed by atoms with Crippen molar-refractivity contribution in [2.45, 2.75) is 18.2 Å². The maximum atomic E-state index is 14.2. The Hall–Kier alpha value is -3.99. The molecule has 0 fully saturated rings. The Balaban J connectivity index is 1.82. The van der Waals surface area contributed by atoms with E-state index in [0.29, 0.717) is 0 Å². The quantitative estimate of drug-likeness (QED) is 0.569. The summed E-state index contributed by atoms with van der Waals surface area (Å²) in [4.78, 5) is 11.9. The third-order valence-electron chi connectivity index (χ3n) is 4.01. The first kappa shape index (κ1) is 22.7. The molecule has 2 aromatic carbocycles. The number of halogens is 4. The smallest absolute Gasteiger partial charge is 0.406 e. The van der Waals surface area contributed by atoms with Crippen LogP contribution in [0.25, 0.3) is 5.69 Å². The fourth-order valence-electron chi connectivity index (χ4n) is 2.57. The molecule has 3 aromatic rings. The van der Waals surface area contributed by atoms with Crippen LogP contribution in [0.2, 0.25) is 0 Å². The van der Waals surface area contributed by atoms with Gasteiger partial charge in [-0.3, -0.25) is 4.79 Å². The number of benzene rings is 2. The van der Waals surface area contributed by atoms with Crippen LogP contribution in [0, 0.1) is 24.1 Å². The van der Waals surface area contributed by atoms with Crippen molar-refractivity contribution in [2.75, 3.05) is 0 Å². The van der Waals surface area contributed by atoms with Gasteiger partial charge in [0, 0.05) is 0 Å². The van der Waals surface area contributed by atoms with Crippen molar-refractivity contribution in [1.82, 2.24) is 19.7 Å². The summed E-state index contributed by atoms with van der Waals surface area (Å²) in [5.74, 6) is -2.66. The third-order valence-corrected chi connectivity index (χ3v) is 5.36. The summed E-state index contributed by atoms with van der Waals surface area (Å²) in [5, 5.41) is 16.0. The molecule has 0 saturated carbocycles. The lowest BCUT2D eigenvalue weighted by Crippen LogP contribution is -2.31. The Labute approximate surface area is 177 Å². The van der Waals surface area contributed by atoms with E-state index in [2.05, 4.69) is 15.0 Å². The molecular weight excluding hydrogens is 458 g/mol. The van der Waals surface area contributed by atoms with Gasteiger partial charge in [-0.25, -0.2) is 22.2 Å². The molecule has 0 bridgehead atoms. The summed E-state index contributed by atoms with van der Waals surface area (Å²) in [6, 6.07) is 8.42. The predicted octanol–water partition coefficient (Wildman–Crippen LogP) is 2.60. The number of nitrogens with one attached hydrogen (secondary N) is 1. The van der Waals surface area contributed by atoms with E-state index in [-0.39, 0.29) is 16.9 Å². The van der Waals surface area contributed by atoms with Crippen molar-refractivity contribution in [3.05, 3.63) is 65.2 Å². The molecular formula is C18H11F4N5O4S. The van der Waals surface area contributed by atoms with Crippen molar-refractivity contribution in [3.63, 3.8) is 0 Å². The van der Waals surface area contributed by atoms with Gasteiger partial charge in [-0.1, -0.05) is 5.21 Å². The van der Waals surface area contributed by atoms with Crippen LogP contribution in [0.4, 0.5) is 17.6 Å². The molecule has 166 valence electrons. The van der Waals surface area contributed by atoms with E-state index in [1.165, 1.54) is 19.1 Å². The highest BCUT2D eigenvalue weighted by Gasteiger charge is 2.31. The number of carbonyl (C=O) groups excluding carboxylic acids is 1. The number of ether oxygens (including phenoxy) is 1. The zero-order chi connectivity index (χ0) is 23.7. The predicted molar refractivity (Wildman–Crippen MR) is 98.5 cm³/mol. The Kier molecular flexibility index (Phi) is 5.86. The van der Waals surface area contributed by atoms with Crippen LogP contribution in [0.1, 0.15) is 21.7 Å². The lowest BCUT2D eigenvalue weighted by Gasteiger charge is -2.10. The van der Waals surface area contributed by atoms with Crippen molar-refractivity contribution in [2.24, 2.45) is 0 Å². The van der Waals surface area contributed by atoms with Gasteiger partial charge in [0.2, 0.25) is 0 Å². The first-order valence-electron chi connectivity index (χ1n) is 8.46. The zero-order valence-electron chi connectivity index (χ0n) is 15.9. The zero-order valence-corrected chi connectivity index (χ0v) is 16.7. The topological polar surface area (TPSA) is 127 Å². The number of nitriles is 1. The van der Waals surface area contributed by atoms with E-state index in [1.54, 1.807) is 10.8 Å². The number of amides is 1. The summed E-state index contributed by atoms with van der Waals surface area (Å²) in [6.07, 6.45) is -4.95. The van der Waals surface area contributed by atoms with Gasteiger partial charge in [0.15, 0.2) is 5.69 Å². The van der Waals surface area contributed by atoms with E-state index >= 15 is 0 Å². The fraction of sp³-hybridized carbons (Fsp3) is 0.111. The van der Waals surface area contributed by atoms with Crippen LogP contribution < -0.4 is 9.46 Å². The number of hydrogen-bond acceptors (Lipinski definition) is 7. The van der Waals surface area contributed by atoms with E-state index < -0.39 is 44.4 Å². The summed E-state index contributed by atoms with van der Waals surface area (Å²) in [5.41, 5.74) is -0.513. The number of carbonyl (C=O) groups is 1. The molecule has 1 heterocycles. The van der Waals surface area contributed by atoms with E-state index in [1.807, 2.05) is 0 Å². The molecule has 1 aromatic heterocycles. The van der Waals surface area contributed by atoms with Gasteiger partial charge in [-0.15, -0.1) is 18.3 Å². The normalized spacial score (nSPS) is 11.6. The Morgan fingerprint density at radius 1 is 1.19 bits per heavy atom. The molecule has 0 unspecified atom stereocenters. The highest BCUT2D eigenvalue weighted by Crippen LogP contribution is 2.24. The molecule has 32 heavy (non-hydrogen) atoms. The number of aromatic nitrogens is 3. The average molecular weight is 469 g/mol. The summed E-state index contributed by atoms with van der Waals surface area (Å²) < 4.78 is 81.9. The minimum Gasteiger partial charge on any atom is -0.406 e. The van der Waals surface area contributed by atoms with Gasteiger partial charge in [0.05, 0.1) is 22.2 Å². The molecule has 0 aliphatic rings. The minimum atomic E-state index is -4.95. The van der Waals surface area contributed by atoms with Crippen LogP contribution in [-0.2, 0) is 10.0 Å². The van der Waals surface area contributed by atoms with Gasteiger partial charge >= 0.3 is 6.36 Å². The number of rotatable bonds is 5. The average Bonchev–Trinajstić information content (AvgIpc) is 3.08. The Bertz CT molecular complexity index is 1330. The van der Waals surface area contributed by atoms with E-state index in [9.17, 15) is 30.8 Å². The van der Waals surface area contributed by atoms with Crippen LogP contribution in [0.5, 0.6) is 5.75 Å². The van der Waals surface area contributed by atoms with Crippen molar-refractivity contribution < 1.29 is 35.5 Å². The second kappa shape index (κ2) is 8.27. The van der Waals surface area contributed by atoms with Crippen molar-refractivity contribution in [1.29, 1.82) is 5.26 Å². The number of hydrogen-bond donors (Lipinski definition) is 1. The number of nitrogens with zero attached hydrogens (tertiary/aromatic N) is 4. The lowest BCUT2D eigenvalue weighted by atomic mass is 10.2. The summed E-state index contributed by atoms with van der Waals surface area (Å²) in [7, 11) is -4.48. The summed E-state index contributed by atoms with van der Waals surface area (Å²) in [6.45, 7) is 1.34. The fourth-order valence-corrected chi connectivity index (χ4v) is 3.52. The molecule has 0 saturated heterocycles. The van der Waals surface area contributed by atoms with Crippen LogP contribution >= 0.6 is 0 Å². The highest BCUT2D eigenvalue weighted by atomic mass is 32.2. The first-order chi connectivity index (χ1) is 14.9. The molecule has 1 N–H and O–H groups in total. The molecule has 0 spiro atoms. The van der Waals surface area contributed by atoms with Gasteiger partial charge in [0.1, 0.15) is 17.3 Å². The van der Waals surface area contributed by atoms with Gasteiger partial charge in [0.25, 0.3) is 15.9 Å². The molecule has 0 aliphatic heterocycles. The molecule has 14 heteroatoms. The Morgan fingerprint density at radius 2 is 1.84 bits per heavy atom. The summed E-state index contributed by atoms with van der Waals surface area (Å²) >= 11 is 0. The Morgan fingerprint density at radius 3 is 2.41 bits per heavy atom. The molecule has 1 amide bonds.